The maximum Gasteiger partial charge on any atom is 0.490 e. The fourth-order valence-electron chi connectivity index (χ4n) is 11.8. The Kier molecular flexibility index (Phi) is 18.8. The first kappa shape index (κ1) is 67.7. The fraction of sp³-hybridized carbons (Fsp3) is 0.400. The minimum absolute atomic E-state index is 0.0652. The highest BCUT2D eigenvalue weighted by Gasteiger charge is 2.44. The van der Waals surface area contributed by atoms with E-state index >= 15 is 0 Å². The lowest BCUT2D eigenvalue weighted by Gasteiger charge is -2.43. The van der Waals surface area contributed by atoms with E-state index in [0.717, 1.165) is 0 Å². The van der Waals surface area contributed by atoms with Gasteiger partial charge in [0.25, 0.3) is 31.7 Å². The Morgan fingerprint density at radius 2 is 1.60 bits per heavy atom. The van der Waals surface area contributed by atoms with Crippen LogP contribution in [-0.4, -0.2) is 156 Å². The lowest BCUT2D eigenvalue weighted by molar-refractivity contribution is -0.121. The van der Waals surface area contributed by atoms with Crippen LogP contribution in [0, 0.1) is 11.8 Å². The first-order valence-electron chi connectivity index (χ1n) is 27.7. The van der Waals surface area contributed by atoms with Gasteiger partial charge in [0.2, 0.25) is 17.2 Å². The number of aromatic nitrogens is 3. The van der Waals surface area contributed by atoms with Gasteiger partial charge >= 0.3 is 23.5 Å². The number of ether oxygens (including phenoxy) is 2. The molecule has 5 aromatic rings. The Bertz CT molecular complexity index is 4530. The lowest BCUT2D eigenvalue weighted by atomic mass is 9.83. The Labute approximate surface area is 515 Å². The van der Waals surface area contributed by atoms with E-state index in [4.69, 9.17) is 25.0 Å². The summed E-state index contributed by atoms with van der Waals surface area (Å²) in [6.07, 6.45) is 0.720. The third-order valence-corrected chi connectivity index (χ3v) is 20.4. The standard InChI is InChI=1S/C55H65N8O22P3S2/c1-8-62-40-22-43-38(20-36(40)32(25-54(62,3)4)29-89(75,76)77)49(39-21-37-33(30-90(78,79)80)26-55(5,6)63(9-2)41(37)23-44(39)82-43)34-15-10-11-16-35(34)52(67)60(7)19-13-17-46(65)57-18-12-14-31-27-61(50-48(31)51(66)59-53(56)58-50)47-24-42(64)45(83-47)28-81-87(71,72)85-88(73,74)84-86(68,69)70/h10-11,15-16,20-23,25-27,42,45,47,64H,8-9,13,17-19,24,28-30H2,1-7H3,(H9-,56,57,58,59,65,66,68,69,70,71,72,73,74,75,76,77,78,79,80)/p+1/t42-,45+,47+/m0/s1. The number of anilines is 2. The Morgan fingerprint density at radius 3 is 2.26 bits per heavy atom. The maximum absolute atomic E-state index is 14.9. The molecule has 2 aromatic heterocycles. The van der Waals surface area contributed by atoms with Crippen molar-refractivity contribution in [1.29, 1.82) is 0 Å². The van der Waals surface area contributed by atoms with Crippen LogP contribution in [0.2, 0.25) is 0 Å². The first-order valence-corrected chi connectivity index (χ1v) is 35.5. The molecule has 2 amide bonds. The molecule has 90 heavy (non-hydrogen) atoms. The van der Waals surface area contributed by atoms with Crippen molar-refractivity contribution in [1.82, 2.24) is 29.3 Å². The highest BCUT2D eigenvalue weighted by atomic mass is 32.2. The quantitative estimate of drug-likeness (QED) is 0.0214. The Balaban J connectivity index is 0.956. The number of likely N-dealkylation sites (N-methyl/N-ethyl adjacent to an activating group) is 2. The molecular weight excluding hydrogens is 1280 g/mol. The summed E-state index contributed by atoms with van der Waals surface area (Å²) in [4.78, 5) is 88.4. The summed E-state index contributed by atoms with van der Waals surface area (Å²) >= 11 is 0. The van der Waals surface area contributed by atoms with Gasteiger partial charge in [0.05, 0.1) is 47.4 Å². The van der Waals surface area contributed by atoms with E-state index in [-0.39, 0.29) is 60.5 Å². The number of nitrogens with two attached hydrogens (primary N) is 1. The number of aliphatic hydroxyl groups excluding tert-OH is 1. The van der Waals surface area contributed by atoms with Gasteiger partial charge in [-0.15, -0.1) is 0 Å². The molecule has 2 unspecified atom stereocenters. The zero-order chi connectivity index (χ0) is 66.0. The van der Waals surface area contributed by atoms with Gasteiger partial charge in [-0.05, 0) is 75.1 Å². The molecular formula is C55H66N8O22P3S2+. The van der Waals surface area contributed by atoms with Crippen LogP contribution >= 0.6 is 23.5 Å². The van der Waals surface area contributed by atoms with Gasteiger partial charge in [-0.3, -0.25) is 33.0 Å². The molecule has 30 nitrogen and oxygen atoms in total. The lowest BCUT2D eigenvalue weighted by Crippen LogP contribution is -2.50. The monoisotopic (exact) mass is 1350 g/mol. The number of nitrogen functional groups attached to an aromatic ring is 1. The van der Waals surface area contributed by atoms with E-state index in [0.29, 0.717) is 79.8 Å². The number of rotatable bonds is 21. The molecule has 0 radical (unpaired) electrons. The van der Waals surface area contributed by atoms with Crippen LogP contribution in [-0.2, 0) is 56.6 Å². The van der Waals surface area contributed by atoms with Gasteiger partial charge in [-0.25, -0.2) is 18.3 Å². The fourth-order valence-corrected chi connectivity index (χ4v) is 16.1. The third-order valence-electron chi connectivity index (χ3n) is 15.3. The predicted octanol–water partition coefficient (Wildman–Crippen LogP) is 3.14. The number of nitrogens with one attached hydrogen (secondary N) is 2. The molecule has 484 valence electrons. The number of carbonyl (C=O) groups is 2. The summed E-state index contributed by atoms with van der Waals surface area (Å²) in [6.45, 7) is 11.5. The summed E-state index contributed by atoms with van der Waals surface area (Å²) in [5.41, 5.74) is 7.48. The van der Waals surface area contributed by atoms with Gasteiger partial charge < -0.3 is 59.6 Å². The average molecular weight is 1350 g/mol. The highest BCUT2D eigenvalue weighted by Crippen LogP contribution is 2.66. The number of phosphoric ester groups is 1. The van der Waals surface area contributed by atoms with Crippen molar-refractivity contribution in [3.05, 3.63) is 121 Å². The van der Waals surface area contributed by atoms with Crippen LogP contribution in [0.4, 0.5) is 11.6 Å². The number of aromatic amines is 1. The summed E-state index contributed by atoms with van der Waals surface area (Å²) in [7, 11) is -24.6. The van der Waals surface area contributed by atoms with Gasteiger partial charge in [0.1, 0.15) is 41.9 Å². The zero-order valence-corrected chi connectivity index (χ0v) is 53.7. The van der Waals surface area contributed by atoms with Crippen molar-refractivity contribution >= 4 is 94.9 Å². The minimum Gasteiger partial charge on any atom is -0.456 e. The van der Waals surface area contributed by atoms with Gasteiger partial charge in [-0.2, -0.15) is 30.4 Å². The van der Waals surface area contributed by atoms with E-state index in [9.17, 15) is 68.9 Å². The van der Waals surface area contributed by atoms with Crippen molar-refractivity contribution < 1.29 is 96.5 Å². The summed E-state index contributed by atoms with van der Waals surface area (Å²) in [5.74, 6) is 3.66. The highest BCUT2D eigenvalue weighted by molar-refractivity contribution is 7.86. The molecule has 3 aromatic carbocycles. The molecule has 4 aliphatic rings. The summed E-state index contributed by atoms with van der Waals surface area (Å²) in [5, 5.41) is 14.4. The molecule has 35 heteroatoms. The number of H-pyrrole nitrogens is 1. The predicted molar refractivity (Wildman–Crippen MR) is 327 cm³/mol. The van der Waals surface area contributed by atoms with Crippen LogP contribution < -0.4 is 41.4 Å². The van der Waals surface area contributed by atoms with E-state index in [2.05, 4.69) is 49.7 Å². The molecule has 1 saturated heterocycles. The van der Waals surface area contributed by atoms with E-state index in [1.165, 1.54) is 15.7 Å². The molecule has 5 atom stereocenters. The van der Waals surface area contributed by atoms with E-state index in [1.807, 2.05) is 53.7 Å². The molecule has 0 bridgehead atoms. The molecule has 11 N–H and O–H groups in total. The van der Waals surface area contributed by atoms with Gasteiger partial charge in [0.15, 0.2) is 11.2 Å². The second-order valence-corrected chi connectivity index (χ2v) is 30.0. The van der Waals surface area contributed by atoms with Crippen molar-refractivity contribution in [2.75, 3.05) is 62.0 Å². The van der Waals surface area contributed by atoms with Crippen molar-refractivity contribution in [2.24, 2.45) is 0 Å². The normalized spacial score (nSPS) is 19.8. The van der Waals surface area contributed by atoms with E-state index in [1.54, 1.807) is 55.6 Å². The van der Waals surface area contributed by atoms with Crippen LogP contribution in [0.5, 0.6) is 11.5 Å². The van der Waals surface area contributed by atoms with Crippen molar-refractivity contribution in [2.45, 2.75) is 90.3 Å². The molecule has 0 aliphatic carbocycles. The zero-order valence-electron chi connectivity index (χ0n) is 49.4. The molecule has 0 spiro atoms. The number of fused-ring (bicyclic) bond motifs is 5. The molecule has 4 aliphatic heterocycles. The van der Waals surface area contributed by atoms with Crippen molar-refractivity contribution in [3.8, 4) is 23.3 Å². The van der Waals surface area contributed by atoms with Crippen LogP contribution in [0.1, 0.15) is 105 Å². The number of benzene rings is 3. The number of hydrogen-bond donors (Lipinski definition) is 10. The number of hydrogen-bond acceptors (Lipinski definition) is 19. The minimum atomic E-state index is -5.83. The number of aliphatic hydroxyl groups is 1. The topological polar surface area (TPSA) is 440 Å². The maximum atomic E-state index is 14.9. The number of amides is 2. The summed E-state index contributed by atoms with van der Waals surface area (Å²) in [6, 6.07) is 13.9. The van der Waals surface area contributed by atoms with Crippen molar-refractivity contribution in [3.63, 3.8) is 0 Å². The molecule has 6 heterocycles. The second-order valence-electron chi connectivity index (χ2n) is 22.7. The number of carbonyl (C=O) groups excluding carboxylic acids is 2. The van der Waals surface area contributed by atoms with Gasteiger partial charge in [-0.1, -0.05) is 36.1 Å². The van der Waals surface area contributed by atoms with Crippen LogP contribution in [0.15, 0.2) is 71.7 Å². The summed E-state index contributed by atoms with van der Waals surface area (Å²) < 4.78 is 134. The Hall–Kier alpha value is -6.72. The molecule has 1 fully saturated rings. The number of nitrogens with zero attached hydrogens (tertiary/aromatic N) is 5. The second kappa shape index (κ2) is 25.1. The number of phosphoric acid groups is 3. The first-order chi connectivity index (χ1) is 41.8. The van der Waals surface area contributed by atoms with Crippen LogP contribution in [0.25, 0.3) is 27.8 Å². The van der Waals surface area contributed by atoms with Gasteiger partial charge in [0, 0.05) is 92.3 Å². The van der Waals surface area contributed by atoms with E-state index < -0.39 is 109 Å². The third kappa shape index (κ3) is 14.9. The van der Waals surface area contributed by atoms with Crippen LogP contribution in [0.3, 0.4) is 0 Å². The Morgan fingerprint density at radius 1 is 0.922 bits per heavy atom. The molecule has 0 saturated carbocycles. The average Bonchev–Trinajstić information content (AvgIpc) is 1.73. The molecule has 9 rings (SSSR count). The SMILES string of the molecule is CCN1c2cc3c(cc2C(CS(=O)(=O)O)=CC1(C)C)C(c1ccccc1C(=O)N(C)CCCC(=O)NCC#Cc1cn([C@H]2C[C@H](O)[C@@H](COP(=O)(O)OP(=O)(O)OP(=O)(O)O)O2)c2nc(N)[nH]c(=O)c12)=c1cc2c(cc1O3)=[N+](CC)C(C)(C)C=C2CS(=O)(=O)O. The smallest absolute Gasteiger partial charge is 0.456 e. The largest absolute Gasteiger partial charge is 0.490 e.